The monoisotopic (exact) mass is 217 g/mol. The molecule has 1 atom stereocenters. The summed E-state index contributed by atoms with van der Waals surface area (Å²) in [5, 5.41) is 0. The van der Waals surface area contributed by atoms with Crippen LogP contribution >= 0.6 is 0 Å². The highest BCUT2D eigenvalue weighted by Gasteiger charge is 2.47. The van der Waals surface area contributed by atoms with Crippen LogP contribution in [-0.4, -0.2) is 40.1 Å². The van der Waals surface area contributed by atoms with Crippen LogP contribution in [0.3, 0.4) is 0 Å². The first-order valence-corrected chi connectivity index (χ1v) is 7.70. The van der Waals surface area contributed by atoms with E-state index in [9.17, 15) is 0 Å². The number of rotatable bonds is 6. The van der Waals surface area contributed by atoms with Gasteiger partial charge in [0, 0.05) is 19.8 Å². The predicted octanol–water partition coefficient (Wildman–Crippen LogP) is 2.11. The van der Waals surface area contributed by atoms with Crippen molar-refractivity contribution in [2.24, 2.45) is 0 Å². The Kier molecular flexibility index (Phi) is 5.09. The van der Waals surface area contributed by atoms with Crippen molar-refractivity contribution in [1.29, 1.82) is 0 Å². The van der Waals surface area contributed by atoms with Gasteiger partial charge in [-0.3, -0.25) is 4.57 Å². The Balaban J connectivity index is 2.53. The molecule has 0 bridgehead atoms. The molecule has 0 saturated carbocycles. The predicted molar refractivity (Wildman–Crippen MR) is 60.3 cm³/mol. The highest BCUT2D eigenvalue weighted by molar-refractivity contribution is 6.65. The van der Waals surface area contributed by atoms with Crippen molar-refractivity contribution >= 4 is 8.72 Å². The molecule has 1 aliphatic rings. The molecule has 0 aromatic rings. The molecule has 1 aliphatic heterocycles. The number of nitrogens with zero attached hydrogens (tertiary/aromatic N) is 1. The fourth-order valence-corrected chi connectivity index (χ4v) is 5.41. The maximum Gasteiger partial charge on any atom is 0.427 e. The average molecular weight is 217 g/mol. The Morgan fingerprint density at radius 3 is 2.71 bits per heavy atom. The van der Waals surface area contributed by atoms with Gasteiger partial charge in [-0.05, 0) is 32.9 Å². The first-order chi connectivity index (χ1) is 6.79. The summed E-state index contributed by atoms with van der Waals surface area (Å²) in [6.07, 6.45) is 3.74. The van der Waals surface area contributed by atoms with E-state index < -0.39 is 8.72 Å². The van der Waals surface area contributed by atoms with Crippen molar-refractivity contribution in [3.8, 4) is 0 Å². The molecule has 0 radical (unpaired) electrons. The molecule has 84 valence electrons. The molecule has 1 fully saturated rings. The minimum Gasteiger partial charge on any atom is -0.386 e. The molecular weight excluding hydrogens is 194 g/mol. The van der Waals surface area contributed by atoms with Crippen LogP contribution in [0.5, 0.6) is 0 Å². The van der Waals surface area contributed by atoms with Crippen LogP contribution in [0.1, 0.15) is 33.1 Å². The normalized spacial score (nSPS) is 28.5. The van der Waals surface area contributed by atoms with Gasteiger partial charge >= 0.3 is 8.72 Å². The van der Waals surface area contributed by atoms with Crippen molar-refractivity contribution in [2.45, 2.75) is 39.2 Å². The summed E-state index contributed by atoms with van der Waals surface area (Å²) in [7, 11) is -0.128. The Labute approximate surface area is 88.7 Å². The Bertz CT molecular complexity index is 168. The van der Waals surface area contributed by atoms with E-state index in [2.05, 4.69) is 18.4 Å². The van der Waals surface area contributed by atoms with E-state index >= 15 is 0 Å². The second-order valence-electron chi connectivity index (χ2n) is 3.79. The van der Waals surface area contributed by atoms with Crippen molar-refractivity contribution < 1.29 is 8.85 Å². The van der Waals surface area contributed by atoms with Gasteiger partial charge in [0.25, 0.3) is 0 Å². The minimum atomic E-state index is -1.94. The lowest BCUT2D eigenvalue weighted by molar-refractivity contribution is 0.156. The summed E-state index contributed by atoms with van der Waals surface area (Å²) in [6, 6.07) is 1.14. The van der Waals surface area contributed by atoms with Gasteiger partial charge in [0.1, 0.15) is 0 Å². The topological polar surface area (TPSA) is 21.7 Å². The molecule has 14 heavy (non-hydrogen) atoms. The third kappa shape index (κ3) is 2.57. The second kappa shape index (κ2) is 5.85. The maximum absolute atomic E-state index is 5.89. The Hall–Kier alpha value is 0.0969. The summed E-state index contributed by atoms with van der Waals surface area (Å²) in [6.45, 7) is 7.39. The zero-order valence-electron chi connectivity index (χ0n) is 9.71. The van der Waals surface area contributed by atoms with Gasteiger partial charge in [0.05, 0.1) is 0 Å². The lowest BCUT2D eigenvalue weighted by Gasteiger charge is -2.32. The van der Waals surface area contributed by atoms with Crippen molar-refractivity contribution in [3.05, 3.63) is 0 Å². The largest absolute Gasteiger partial charge is 0.427 e. The summed E-state index contributed by atoms with van der Waals surface area (Å²) >= 11 is 0. The lowest BCUT2D eigenvalue weighted by Crippen LogP contribution is -2.54. The number of unbranched alkanes of at least 4 members (excludes halogenated alkanes) is 1. The fraction of sp³-hybridized carbons (Fsp3) is 1.00. The van der Waals surface area contributed by atoms with Crippen LogP contribution in [0, 0.1) is 0 Å². The molecule has 1 saturated heterocycles. The van der Waals surface area contributed by atoms with Crippen LogP contribution in [-0.2, 0) is 8.85 Å². The van der Waals surface area contributed by atoms with Gasteiger partial charge in [-0.25, -0.2) is 0 Å². The minimum absolute atomic E-state index is 0.780. The summed E-state index contributed by atoms with van der Waals surface area (Å²) < 4.78 is 14.1. The van der Waals surface area contributed by atoms with Gasteiger partial charge in [-0.1, -0.05) is 13.3 Å². The van der Waals surface area contributed by atoms with Gasteiger partial charge in [0.2, 0.25) is 0 Å². The average Bonchev–Trinajstić information content (AvgIpc) is 2.59. The fourth-order valence-electron chi connectivity index (χ4n) is 2.13. The number of hydrogen-bond donors (Lipinski definition) is 0. The molecule has 0 spiro atoms. The quantitative estimate of drug-likeness (QED) is 0.636. The van der Waals surface area contributed by atoms with Crippen molar-refractivity contribution in [3.63, 3.8) is 0 Å². The van der Waals surface area contributed by atoms with Crippen LogP contribution in [0.25, 0.3) is 0 Å². The van der Waals surface area contributed by atoms with E-state index in [1.165, 1.54) is 25.8 Å². The van der Waals surface area contributed by atoms with E-state index in [-0.39, 0.29) is 0 Å². The smallest absolute Gasteiger partial charge is 0.386 e. The molecule has 0 amide bonds. The van der Waals surface area contributed by atoms with Crippen LogP contribution < -0.4 is 0 Å². The standard InChI is InChI=1S/C10H23NO2Si/c1-4-6-8-11-9-7-10-14(11,12-3)13-5-2/h4-10H2,1-3H3. The molecule has 1 rings (SSSR count). The van der Waals surface area contributed by atoms with Crippen LogP contribution in [0.4, 0.5) is 0 Å². The first kappa shape index (κ1) is 12.2. The molecule has 3 nitrogen and oxygen atoms in total. The number of hydrogen-bond acceptors (Lipinski definition) is 3. The van der Waals surface area contributed by atoms with Gasteiger partial charge in [-0.2, -0.15) is 0 Å². The third-order valence-electron chi connectivity index (χ3n) is 2.87. The first-order valence-electron chi connectivity index (χ1n) is 5.73. The Morgan fingerprint density at radius 1 is 1.36 bits per heavy atom. The van der Waals surface area contributed by atoms with Gasteiger partial charge < -0.3 is 8.85 Å². The molecule has 4 heteroatoms. The molecule has 0 aromatic carbocycles. The highest BCUT2D eigenvalue weighted by atomic mass is 28.4. The van der Waals surface area contributed by atoms with Gasteiger partial charge in [-0.15, -0.1) is 0 Å². The summed E-state index contributed by atoms with van der Waals surface area (Å²) in [5.41, 5.74) is 0. The summed E-state index contributed by atoms with van der Waals surface area (Å²) in [4.78, 5) is 0. The van der Waals surface area contributed by atoms with Crippen molar-refractivity contribution in [2.75, 3.05) is 26.8 Å². The zero-order chi connectivity index (χ0) is 10.4. The molecule has 0 aromatic heterocycles. The summed E-state index contributed by atoms with van der Waals surface area (Å²) in [5.74, 6) is 0. The third-order valence-corrected chi connectivity index (χ3v) is 6.65. The van der Waals surface area contributed by atoms with E-state index in [1.807, 2.05) is 7.11 Å². The van der Waals surface area contributed by atoms with E-state index in [4.69, 9.17) is 8.85 Å². The van der Waals surface area contributed by atoms with Crippen LogP contribution in [0.15, 0.2) is 0 Å². The molecule has 1 heterocycles. The maximum atomic E-state index is 5.89. The zero-order valence-corrected chi connectivity index (χ0v) is 10.7. The van der Waals surface area contributed by atoms with Crippen molar-refractivity contribution in [1.82, 2.24) is 4.57 Å². The Morgan fingerprint density at radius 2 is 2.14 bits per heavy atom. The lowest BCUT2D eigenvalue weighted by atomic mass is 10.3. The van der Waals surface area contributed by atoms with Crippen LogP contribution in [0.2, 0.25) is 6.04 Å². The molecule has 1 unspecified atom stereocenters. The highest BCUT2D eigenvalue weighted by Crippen LogP contribution is 2.27. The van der Waals surface area contributed by atoms with E-state index in [0.29, 0.717) is 0 Å². The molecule has 0 N–H and O–H groups in total. The van der Waals surface area contributed by atoms with E-state index in [0.717, 1.165) is 19.2 Å². The molecular formula is C10H23NO2Si. The second-order valence-corrected chi connectivity index (χ2v) is 7.05. The molecule has 0 aliphatic carbocycles. The SMILES string of the molecule is CCCCN1CCC[Si]1(OC)OCC. The van der Waals surface area contributed by atoms with Gasteiger partial charge in [0.15, 0.2) is 0 Å². The van der Waals surface area contributed by atoms with E-state index in [1.54, 1.807) is 0 Å².